The molecule has 1 N–H and O–H groups in total. The van der Waals surface area contributed by atoms with Crippen molar-refractivity contribution >= 4 is 21.4 Å². The first-order chi connectivity index (χ1) is 9.97. The molecule has 0 fully saturated rings. The van der Waals surface area contributed by atoms with Crippen LogP contribution < -0.4 is 4.72 Å². The van der Waals surface area contributed by atoms with Crippen molar-refractivity contribution in [2.75, 3.05) is 0 Å². The van der Waals surface area contributed by atoms with Crippen LogP contribution in [0, 0.1) is 17.1 Å². The Balaban J connectivity index is 2.32. The topological polar surface area (TPSA) is 70.0 Å². The fraction of sp³-hybridized carbons (Fsp3) is 0.214. The highest BCUT2D eigenvalue weighted by Crippen LogP contribution is 2.24. The first-order valence-electron chi connectivity index (χ1n) is 6.23. The number of halogens is 1. The average Bonchev–Trinajstić information content (AvgIpc) is 2.99. The van der Waals surface area contributed by atoms with Crippen molar-refractivity contribution in [2.24, 2.45) is 0 Å². The third kappa shape index (κ3) is 3.47. The molecule has 4 nitrogen and oxygen atoms in total. The highest BCUT2D eigenvalue weighted by molar-refractivity contribution is 7.89. The largest absolute Gasteiger partial charge is 0.241 e. The summed E-state index contributed by atoms with van der Waals surface area (Å²) in [5, 5.41) is 10.7. The number of thiophene rings is 1. The van der Waals surface area contributed by atoms with Crippen LogP contribution in [0.25, 0.3) is 0 Å². The maximum Gasteiger partial charge on any atom is 0.241 e. The molecule has 0 saturated carbocycles. The molecule has 1 heterocycles. The minimum atomic E-state index is -3.81. The standard InChI is InChI=1S/C14H13FN2O2S2/c1-2-13(14-4-3-7-20-14)17-21(18,19)11-5-6-12(15)10(8-11)9-16/h3-8,13,17H,2H2,1H3. The molecule has 110 valence electrons. The molecule has 2 aromatic rings. The second-order valence-corrected chi connectivity index (χ2v) is 7.04. The number of nitrogens with zero attached hydrogens (tertiary/aromatic N) is 1. The molecule has 0 amide bonds. The van der Waals surface area contributed by atoms with E-state index in [1.54, 1.807) is 6.07 Å². The predicted molar refractivity (Wildman–Crippen MR) is 78.8 cm³/mol. The summed E-state index contributed by atoms with van der Waals surface area (Å²) < 4.78 is 40.5. The SMILES string of the molecule is CCC(NS(=O)(=O)c1ccc(F)c(C#N)c1)c1cccs1. The van der Waals surface area contributed by atoms with E-state index in [2.05, 4.69) is 4.72 Å². The monoisotopic (exact) mass is 324 g/mol. The van der Waals surface area contributed by atoms with Crippen LogP contribution >= 0.6 is 11.3 Å². The summed E-state index contributed by atoms with van der Waals surface area (Å²) in [5.74, 6) is -0.734. The smallest absolute Gasteiger partial charge is 0.207 e. The molecule has 0 aliphatic carbocycles. The van der Waals surface area contributed by atoms with Gasteiger partial charge in [-0.25, -0.2) is 17.5 Å². The molecular formula is C14H13FN2O2S2. The maximum atomic E-state index is 13.3. The number of nitrogens with one attached hydrogen (secondary N) is 1. The lowest BCUT2D eigenvalue weighted by Crippen LogP contribution is -2.28. The summed E-state index contributed by atoms with van der Waals surface area (Å²) in [6.07, 6.45) is 0.589. The molecular weight excluding hydrogens is 311 g/mol. The molecule has 0 spiro atoms. The molecule has 21 heavy (non-hydrogen) atoms. The van der Waals surface area contributed by atoms with Crippen LogP contribution in [-0.4, -0.2) is 8.42 Å². The van der Waals surface area contributed by atoms with Crippen LogP contribution in [0.5, 0.6) is 0 Å². The van der Waals surface area contributed by atoms with Gasteiger partial charge in [0.15, 0.2) is 0 Å². The van der Waals surface area contributed by atoms with Crippen LogP contribution in [0.1, 0.15) is 29.8 Å². The van der Waals surface area contributed by atoms with E-state index < -0.39 is 15.8 Å². The van der Waals surface area contributed by atoms with Gasteiger partial charge in [0.25, 0.3) is 0 Å². The van der Waals surface area contributed by atoms with Gasteiger partial charge >= 0.3 is 0 Å². The molecule has 1 aromatic carbocycles. The zero-order chi connectivity index (χ0) is 15.5. The summed E-state index contributed by atoms with van der Waals surface area (Å²) >= 11 is 1.46. The number of benzene rings is 1. The van der Waals surface area contributed by atoms with Gasteiger partial charge in [0.1, 0.15) is 11.9 Å². The van der Waals surface area contributed by atoms with E-state index in [1.807, 2.05) is 24.4 Å². The van der Waals surface area contributed by atoms with Gasteiger partial charge in [0, 0.05) is 4.88 Å². The van der Waals surface area contributed by atoms with Crippen molar-refractivity contribution in [3.8, 4) is 6.07 Å². The molecule has 1 aromatic heterocycles. The van der Waals surface area contributed by atoms with Gasteiger partial charge in [-0.1, -0.05) is 13.0 Å². The van der Waals surface area contributed by atoms with Gasteiger partial charge in [0.2, 0.25) is 10.0 Å². The summed E-state index contributed by atoms with van der Waals surface area (Å²) in [6.45, 7) is 1.87. The Kier molecular flexibility index (Phi) is 4.73. The molecule has 0 radical (unpaired) electrons. The Morgan fingerprint density at radius 3 is 2.76 bits per heavy atom. The van der Waals surface area contributed by atoms with Gasteiger partial charge < -0.3 is 0 Å². The van der Waals surface area contributed by atoms with E-state index in [9.17, 15) is 12.8 Å². The van der Waals surface area contributed by atoms with Crippen LogP contribution in [0.4, 0.5) is 4.39 Å². The second kappa shape index (κ2) is 6.35. The Labute approximate surface area is 126 Å². The van der Waals surface area contributed by atoms with E-state index in [4.69, 9.17) is 5.26 Å². The number of rotatable bonds is 5. The quantitative estimate of drug-likeness (QED) is 0.918. The van der Waals surface area contributed by atoms with Crippen LogP contribution in [0.15, 0.2) is 40.6 Å². The highest BCUT2D eigenvalue weighted by atomic mass is 32.2. The van der Waals surface area contributed by atoms with E-state index >= 15 is 0 Å². The first-order valence-corrected chi connectivity index (χ1v) is 8.59. The second-order valence-electron chi connectivity index (χ2n) is 4.35. The Morgan fingerprint density at radius 1 is 1.43 bits per heavy atom. The third-order valence-electron chi connectivity index (χ3n) is 2.96. The fourth-order valence-corrected chi connectivity index (χ4v) is 4.11. The Morgan fingerprint density at radius 2 is 2.19 bits per heavy atom. The highest BCUT2D eigenvalue weighted by Gasteiger charge is 2.22. The van der Waals surface area contributed by atoms with Gasteiger partial charge in [-0.2, -0.15) is 5.26 Å². The summed E-state index contributed by atoms with van der Waals surface area (Å²) in [4.78, 5) is 0.791. The van der Waals surface area contributed by atoms with E-state index in [0.717, 1.165) is 23.1 Å². The van der Waals surface area contributed by atoms with Crippen molar-refractivity contribution in [1.29, 1.82) is 5.26 Å². The van der Waals surface area contributed by atoms with Crippen LogP contribution in [-0.2, 0) is 10.0 Å². The van der Waals surface area contributed by atoms with Crippen molar-refractivity contribution in [3.05, 3.63) is 52.0 Å². The lowest BCUT2D eigenvalue weighted by atomic mass is 10.2. The van der Waals surface area contributed by atoms with Crippen LogP contribution in [0.2, 0.25) is 0 Å². The minimum absolute atomic E-state index is 0.115. The number of hydrogen-bond acceptors (Lipinski definition) is 4. The Bertz CT molecular complexity index is 765. The summed E-state index contributed by atoms with van der Waals surface area (Å²) in [7, 11) is -3.81. The molecule has 1 atom stereocenters. The zero-order valence-electron chi connectivity index (χ0n) is 11.2. The normalized spacial score (nSPS) is 12.8. The van der Waals surface area contributed by atoms with Crippen molar-refractivity contribution < 1.29 is 12.8 Å². The first kappa shape index (κ1) is 15.6. The summed E-state index contributed by atoms with van der Waals surface area (Å²) in [6, 6.07) is 8.18. The fourth-order valence-electron chi connectivity index (χ4n) is 1.84. The third-order valence-corrected chi connectivity index (χ3v) is 5.42. The van der Waals surface area contributed by atoms with Crippen LogP contribution in [0.3, 0.4) is 0 Å². The maximum absolute atomic E-state index is 13.3. The van der Waals surface area contributed by atoms with E-state index in [1.165, 1.54) is 11.3 Å². The Hall–Kier alpha value is -1.75. The van der Waals surface area contributed by atoms with Crippen molar-refractivity contribution in [3.63, 3.8) is 0 Å². The number of hydrogen-bond donors (Lipinski definition) is 1. The number of sulfonamides is 1. The molecule has 0 aliphatic heterocycles. The zero-order valence-corrected chi connectivity index (χ0v) is 12.8. The van der Waals surface area contributed by atoms with E-state index in [0.29, 0.717) is 6.42 Å². The van der Waals surface area contributed by atoms with E-state index in [-0.39, 0.29) is 16.5 Å². The number of nitriles is 1. The predicted octanol–water partition coefficient (Wildman–Crippen LogP) is 3.19. The molecule has 2 rings (SSSR count). The molecule has 7 heteroatoms. The van der Waals surface area contributed by atoms with Gasteiger partial charge in [0.05, 0.1) is 16.5 Å². The lowest BCUT2D eigenvalue weighted by Gasteiger charge is -2.15. The van der Waals surface area contributed by atoms with Gasteiger partial charge in [-0.15, -0.1) is 11.3 Å². The van der Waals surface area contributed by atoms with Crippen molar-refractivity contribution in [1.82, 2.24) is 4.72 Å². The van der Waals surface area contributed by atoms with Gasteiger partial charge in [-0.3, -0.25) is 0 Å². The molecule has 1 unspecified atom stereocenters. The average molecular weight is 324 g/mol. The van der Waals surface area contributed by atoms with Crippen molar-refractivity contribution in [2.45, 2.75) is 24.3 Å². The summed E-state index contributed by atoms with van der Waals surface area (Å²) in [5.41, 5.74) is -0.290. The molecule has 0 aliphatic rings. The molecule has 0 bridgehead atoms. The minimum Gasteiger partial charge on any atom is -0.207 e. The van der Waals surface area contributed by atoms with Gasteiger partial charge in [-0.05, 0) is 36.1 Å². The molecule has 0 saturated heterocycles. The lowest BCUT2D eigenvalue weighted by molar-refractivity contribution is 0.552.